The highest BCUT2D eigenvalue weighted by Gasteiger charge is 2.09. The van der Waals surface area contributed by atoms with Gasteiger partial charge in [0.1, 0.15) is 5.75 Å². The number of nitrogens with zero attached hydrogens (tertiary/aromatic N) is 1. The van der Waals surface area contributed by atoms with Gasteiger partial charge in [-0.05, 0) is 13.0 Å². The highest BCUT2D eigenvalue weighted by Crippen LogP contribution is 2.27. The fourth-order valence-electron chi connectivity index (χ4n) is 1.61. The van der Waals surface area contributed by atoms with Gasteiger partial charge in [0, 0.05) is 17.5 Å². The number of aromatic hydroxyl groups is 1. The molecule has 3 N–H and O–H groups in total. The Kier molecular flexibility index (Phi) is 2.09. The number of benzene rings is 1. The molecule has 2 aromatic rings. The Balaban J connectivity index is 2.89. The molecule has 0 fully saturated rings. The monoisotopic (exact) mass is 188 g/mol. The number of para-hydroxylation sites is 1. The van der Waals surface area contributed by atoms with Crippen LogP contribution in [-0.4, -0.2) is 10.1 Å². The van der Waals surface area contributed by atoms with Crippen molar-refractivity contribution in [1.82, 2.24) is 4.98 Å². The summed E-state index contributed by atoms with van der Waals surface area (Å²) in [5, 5.41) is 10.7. The summed E-state index contributed by atoms with van der Waals surface area (Å²) in [5.74, 6) is 0.214. The van der Waals surface area contributed by atoms with Crippen LogP contribution in [0.1, 0.15) is 11.3 Å². The fourth-order valence-corrected chi connectivity index (χ4v) is 1.61. The van der Waals surface area contributed by atoms with Crippen molar-refractivity contribution in [3.8, 4) is 5.75 Å². The van der Waals surface area contributed by atoms with E-state index in [0.717, 1.165) is 16.5 Å². The van der Waals surface area contributed by atoms with Crippen LogP contribution in [0, 0.1) is 6.92 Å². The van der Waals surface area contributed by atoms with Crippen molar-refractivity contribution in [2.24, 2.45) is 5.73 Å². The molecule has 0 spiro atoms. The second kappa shape index (κ2) is 3.27. The topological polar surface area (TPSA) is 59.1 Å². The van der Waals surface area contributed by atoms with Crippen LogP contribution in [0.4, 0.5) is 0 Å². The van der Waals surface area contributed by atoms with Gasteiger partial charge in [-0.2, -0.15) is 0 Å². The van der Waals surface area contributed by atoms with Gasteiger partial charge in [0.15, 0.2) is 0 Å². The first-order valence-electron chi connectivity index (χ1n) is 4.51. The molecule has 14 heavy (non-hydrogen) atoms. The van der Waals surface area contributed by atoms with E-state index in [1.54, 1.807) is 6.92 Å². The average molecular weight is 188 g/mol. The fraction of sp³-hybridized carbons (Fsp3) is 0.182. The van der Waals surface area contributed by atoms with Crippen LogP contribution in [0.3, 0.4) is 0 Å². The maximum absolute atomic E-state index is 9.75. The minimum Gasteiger partial charge on any atom is -0.506 e. The molecule has 1 heterocycles. The second-order valence-electron chi connectivity index (χ2n) is 3.25. The number of hydrogen-bond acceptors (Lipinski definition) is 3. The Morgan fingerprint density at radius 2 is 2.07 bits per heavy atom. The number of hydrogen-bond donors (Lipinski definition) is 2. The predicted octanol–water partition coefficient (Wildman–Crippen LogP) is 1.71. The first-order valence-corrected chi connectivity index (χ1v) is 4.51. The predicted molar refractivity (Wildman–Crippen MR) is 56.0 cm³/mol. The van der Waals surface area contributed by atoms with Gasteiger partial charge in [0.2, 0.25) is 0 Å². The van der Waals surface area contributed by atoms with Gasteiger partial charge in [-0.1, -0.05) is 18.2 Å². The van der Waals surface area contributed by atoms with Gasteiger partial charge in [0.05, 0.1) is 11.2 Å². The summed E-state index contributed by atoms with van der Waals surface area (Å²) in [6, 6.07) is 7.68. The van der Waals surface area contributed by atoms with E-state index in [9.17, 15) is 5.11 Å². The smallest absolute Gasteiger partial charge is 0.141 e. The van der Waals surface area contributed by atoms with Gasteiger partial charge in [0.25, 0.3) is 0 Å². The van der Waals surface area contributed by atoms with Crippen molar-refractivity contribution in [3.05, 3.63) is 35.5 Å². The standard InChI is InChI=1S/C11H12N2O/c1-7-11(14)9(6-12)8-4-2-3-5-10(8)13-7/h2-5,14H,6,12H2,1H3. The zero-order valence-corrected chi connectivity index (χ0v) is 7.99. The average Bonchev–Trinajstić information content (AvgIpc) is 2.20. The molecule has 2 rings (SSSR count). The van der Waals surface area contributed by atoms with Gasteiger partial charge in [-0.25, -0.2) is 4.98 Å². The van der Waals surface area contributed by atoms with Crippen LogP contribution in [0.2, 0.25) is 0 Å². The summed E-state index contributed by atoms with van der Waals surface area (Å²) in [5.41, 5.74) is 7.88. The number of aromatic nitrogens is 1. The number of rotatable bonds is 1. The van der Waals surface area contributed by atoms with Crippen LogP contribution < -0.4 is 5.73 Å². The molecule has 3 nitrogen and oxygen atoms in total. The Morgan fingerprint density at radius 3 is 2.79 bits per heavy atom. The third-order valence-corrected chi connectivity index (χ3v) is 2.35. The second-order valence-corrected chi connectivity index (χ2v) is 3.25. The number of aryl methyl sites for hydroxylation is 1. The van der Waals surface area contributed by atoms with Gasteiger partial charge >= 0.3 is 0 Å². The molecule has 0 aliphatic heterocycles. The van der Waals surface area contributed by atoms with E-state index in [1.807, 2.05) is 24.3 Å². The normalized spacial score (nSPS) is 10.7. The number of fused-ring (bicyclic) bond motifs is 1. The molecule has 0 unspecified atom stereocenters. The van der Waals surface area contributed by atoms with E-state index in [1.165, 1.54) is 0 Å². The molecule has 0 atom stereocenters. The molecular formula is C11H12N2O. The summed E-state index contributed by atoms with van der Waals surface area (Å²) < 4.78 is 0. The van der Waals surface area contributed by atoms with E-state index >= 15 is 0 Å². The lowest BCUT2D eigenvalue weighted by atomic mass is 10.1. The van der Waals surface area contributed by atoms with E-state index in [-0.39, 0.29) is 5.75 Å². The Bertz CT molecular complexity index is 480. The molecule has 0 bridgehead atoms. The zero-order chi connectivity index (χ0) is 10.1. The molecule has 0 saturated carbocycles. The third-order valence-electron chi connectivity index (χ3n) is 2.35. The number of pyridine rings is 1. The third kappa shape index (κ3) is 1.22. The highest BCUT2D eigenvalue weighted by molar-refractivity contribution is 5.84. The molecule has 3 heteroatoms. The van der Waals surface area contributed by atoms with Crippen molar-refractivity contribution >= 4 is 10.9 Å². The molecular weight excluding hydrogens is 176 g/mol. The van der Waals surface area contributed by atoms with Crippen LogP contribution >= 0.6 is 0 Å². The van der Waals surface area contributed by atoms with Crippen molar-refractivity contribution in [1.29, 1.82) is 0 Å². The highest BCUT2D eigenvalue weighted by atomic mass is 16.3. The molecule has 0 aliphatic carbocycles. The van der Waals surface area contributed by atoms with Crippen molar-refractivity contribution < 1.29 is 5.11 Å². The maximum Gasteiger partial charge on any atom is 0.141 e. The van der Waals surface area contributed by atoms with Crippen LogP contribution in [0.5, 0.6) is 5.75 Å². The van der Waals surface area contributed by atoms with E-state index in [4.69, 9.17) is 5.73 Å². The molecule has 0 saturated heterocycles. The Hall–Kier alpha value is -1.61. The van der Waals surface area contributed by atoms with E-state index in [0.29, 0.717) is 12.2 Å². The quantitative estimate of drug-likeness (QED) is 0.716. The lowest BCUT2D eigenvalue weighted by molar-refractivity contribution is 0.462. The maximum atomic E-state index is 9.75. The van der Waals surface area contributed by atoms with Crippen LogP contribution in [0.25, 0.3) is 10.9 Å². The molecule has 1 aromatic carbocycles. The van der Waals surface area contributed by atoms with Gasteiger partial charge in [-0.15, -0.1) is 0 Å². The summed E-state index contributed by atoms with van der Waals surface area (Å²) >= 11 is 0. The lowest BCUT2D eigenvalue weighted by Gasteiger charge is -2.08. The summed E-state index contributed by atoms with van der Waals surface area (Å²) in [7, 11) is 0. The first-order chi connectivity index (χ1) is 6.74. The Labute approximate surface area is 82.2 Å². The van der Waals surface area contributed by atoms with E-state index < -0.39 is 0 Å². The van der Waals surface area contributed by atoms with E-state index in [2.05, 4.69) is 4.98 Å². The minimum absolute atomic E-state index is 0.214. The molecule has 0 radical (unpaired) electrons. The van der Waals surface area contributed by atoms with Crippen molar-refractivity contribution in [3.63, 3.8) is 0 Å². The number of nitrogens with two attached hydrogens (primary N) is 1. The zero-order valence-electron chi connectivity index (χ0n) is 7.99. The van der Waals surface area contributed by atoms with Crippen LogP contribution in [0.15, 0.2) is 24.3 Å². The van der Waals surface area contributed by atoms with Crippen molar-refractivity contribution in [2.45, 2.75) is 13.5 Å². The van der Waals surface area contributed by atoms with Crippen molar-refractivity contribution in [2.75, 3.05) is 0 Å². The SMILES string of the molecule is Cc1nc2ccccc2c(CN)c1O. The first kappa shape index (κ1) is 8.97. The van der Waals surface area contributed by atoms with Gasteiger partial charge in [-0.3, -0.25) is 0 Å². The van der Waals surface area contributed by atoms with Crippen LogP contribution in [-0.2, 0) is 6.54 Å². The molecule has 0 aliphatic rings. The molecule has 1 aromatic heterocycles. The summed E-state index contributed by atoms with van der Waals surface area (Å²) in [6.07, 6.45) is 0. The minimum atomic E-state index is 0.214. The molecule has 0 amide bonds. The molecule has 72 valence electrons. The lowest BCUT2D eigenvalue weighted by Crippen LogP contribution is -2.00. The van der Waals surface area contributed by atoms with Gasteiger partial charge < -0.3 is 10.8 Å². The summed E-state index contributed by atoms with van der Waals surface area (Å²) in [6.45, 7) is 2.11. The Morgan fingerprint density at radius 1 is 1.36 bits per heavy atom. The summed E-state index contributed by atoms with van der Waals surface area (Å²) in [4.78, 5) is 4.28. The largest absolute Gasteiger partial charge is 0.506 e.